The molecule has 0 atom stereocenters. The van der Waals surface area contributed by atoms with Crippen molar-refractivity contribution in [2.45, 2.75) is 6.42 Å². The lowest BCUT2D eigenvalue weighted by molar-refractivity contribution is 0.252. The lowest BCUT2D eigenvalue weighted by atomic mass is 10.0. The number of carbonyl (C=O) groups excluding carboxylic acids is 1. The summed E-state index contributed by atoms with van der Waals surface area (Å²) in [6.45, 7) is 0.464. The number of halogens is 2. The highest BCUT2D eigenvalue weighted by Gasteiger charge is 2.10. The number of carbonyl (C=O) groups is 1. The summed E-state index contributed by atoms with van der Waals surface area (Å²) in [6, 6.07) is 16.0. The van der Waals surface area contributed by atoms with Gasteiger partial charge in [0.2, 0.25) is 0 Å². The standard InChI is InChI=1S/C24H20Cl2N4O3/c1-33-17-5-2-14(3-6-17)8-9-27-24(32)30-22-13-28-20-7-4-15(12-21(20)29-22)16-10-18(25)23(31)19(26)11-16/h2-7,10-13,31H,8-9H2,1H3,(H2,27,29,30,32). The van der Waals surface area contributed by atoms with Crippen molar-refractivity contribution in [3.63, 3.8) is 0 Å². The monoisotopic (exact) mass is 482 g/mol. The molecule has 0 unspecified atom stereocenters. The minimum absolute atomic E-state index is 0.158. The number of amides is 2. The zero-order chi connectivity index (χ0) is 23.4. The van der Waals surface area contributed by atoms with E-state index in [1.54, 1.807) is 19.2 Å². The van der Waals surface area contributed by atoms with Gasteiger partial charge in [-0.1, -0.05) is 41.4 Å². The van der Waals surface area contributed by atoms with Gasteiger partial charge in [0, 0.05) is 6.54 Å². The number of fused-ring (bicyclic) bond motifs is 1. The van der Waals surface area contributed by atoms with Crippen LogP contribution in [0.3, 0.4) is 0 Å². The Hall–Kier alpha value is -3.55. The van der Waals surface area contributed by atoms with Gasteiger partial charge in [-0.05, 0) is 59.5 Å². The molecule has 7 nitrogen and oxygen atoms in total. The van der Waals surface area contributed by atoms with Gasteiger partial charge in [-0.25, -0.2) is 9.78 Å². The summed E-state index contributed by atoms with van der Waals surface area (Å²) >= 11 is 12.1. The minimum atomic E-state index is -0.370. The number of urea groups is 1. The van der Waals surface area contributed by atoms with Gasteiger partial charge in [-0.15, -0.1) is 0 Å². The number of aromatic nitrogens is 2. The molecule has 1 aromatic heterocycles. The Kier molecular flexibility index (Phi) is 6.82. The summed E-state index contributed by atoms with van der Waals surface area (Å²) in [6.07, 6.45) is 2.18. The Bertz CT molecular complexity index is 1290. The maximum atomic E-state index is 12.3. The number of methoxy groups -OCH3 is 1. The molecule has 0 radical (unpaired) electrons. The van der Waals surface area contributed by atoms with Crippen LogP contribution in [-0.4, -0.2) is 34.8 Å². The second-order valence-corrected chi connectivity index (χ2v) is 8.04. The smallest absolute Gasteiger partial charge is 0.320 e. The quantitative estimate of drug-likeness (QED) is 0.328. The molecule has 4 rings (SSSR count). The van der Waals surface area contributed by atoms with Crippen molar-refractivity contribution in [1.82, 2.24) is 15.3 Å². The van der Waals surface area contributed by atoms with E-state index in [0.29, 0.717) is 29.8 Å². The number of nitrogens with one attached hydrogen (secondary N) is 2. The van der Waals surface area contributed by atoms with Crippen LogP contribution in [0, 0.1) is 0 Å². The summed E-state index contributed by atoms with van der Waals surface area (Å²) in [5.41, 5.74) is 3.86. The number of phenols is 1. The second kappa shape index (κ2) is 9.94. The second-order valence-electron chi connectivity index (χ2n) is 7.23. The first-order chi connectivity index (χ1) is 15.9. The van der Waals surface area contributed by atoms with Crippen LogP contribution < -0.4 is 15.4 Å². The number of hydrogen-bond acceptors (Lipinski definition) is 5. The summed E-state index contributed by atoms with van der Waals surface area (Å²) < 4.78 is 5.14. The molecule has 0 aliphatic rings. The maximum Gasteiger partial charge on any atom is 0.320 e. The van der Waals surface area contributed by atoms with E-state index in [4.69, 9.17) is 27.9 Å². The molecule has 0 bridgehead atoms. The lowest BCUT2D eigenvalue weighted by Gasteiger charge is -2.09. The van der Waals surface area contributed by atoms with Crippen molar-refractivity contribution in [2.24, 2.45) is 0 Å². The van der Waals surface area contributed by atoms with E-state index in [9.17, 15) is 9.90 Å². The molecule has 0 fully saturated rings. The molecule has 0 aliphatic heterocycles. The molecule has 1 heterocycles. The van der Waals surface area contributed by atoms with Crippen LogP contribution in [0.5, 0.6) is 11.5 Å². The Morgan fingerprint density at radius 3 is 2.42 bits per heavy atom. The molecular weight excluding hydrogens is 463 g/mol. The van der Waals surface area contributed by atoms with E-state index in [1.165, 1.54) is 6.20 Å². The van der Waals surface area contributed by atoms with Crippen LogP contribution >= 0.6 is 23.2 Å². The molecule has 0 saturated carbocycles. The lowest BCUT2D eigenvalue weighted by Crippen LogP contribution is -2.30. The van der Waals surface area contributed by atoms with Crippen molar-refractivity contribution in [1.29, 1.82) is 0 Å². The summed E-state index contributed by atoms with van der Waals surface area (Å²) in [4.78, 5) is 21.1. The number of rotatable bonds is 6. The average molecular weight is 483 g/mol. The minimum Gasteiger partial charge on any atom is -0.505 e. The fourth-order valence-corrected chi connectivity index (χ4v) is 3.74. The normalized spacial score (nSPS) is 10.8. The molecule has 9 heteroatoms. The first kappa shape index (κ1) is 22.6. The van der Waals surface area contributed by atoms with E-state index in [1.807, 2.05) is 42.5 Å². The van der Waals surface area contributed by atoms with Crippen LogP contribution in [0.15, 0.2) is 60.8 Å². The molecule has 4 aromatic rings. The molecule has 3 N–H and O–H groups in total. The molecular formula is C24H20Cl2N4O3. The van der Waals surface area contributed by atoms with Crippen molar-refractivity contribution < 1.29 is 14.6 Å². The molecule has 168 valence electrons. The van der Waals surface area contributed by atoms with E-state index in [2.05, 4.69) is 20.6 Å². The summed E-state index contributed by atoms with van der Waals surface area (Å²) in [5.74, 6) is 0.953. The van der Waals surface area contributed by atoms with E-state index < -0.39 is 0 Å². The molecule has 3 aromatic carbocycles. The van der Waals surface area contributed by atoms with Crippen LogP contribution in [0.4, 0.5) is 10.6 Å². The van der Waals surface area contributed by atoms with Crippen molar-refractivity contribution in [2.75, 3.05) is 19.0 Å². The van der Waals surface area contributed by atoms with Crippen LogP contribution in [0.2, 0.25) is 10.0 Å². The van der Waals surface area contributed by atoms with Gasteiger partial charge in [-0.2, -0.15) is 0 Å². The molecule has 0 spiro atoms. The Balaban J connectivity index is 1.43. The average Bonchev–Trinajstić information content (AvgIpc) is 2.82. The van der Waals surface area contributed by atoms with E-state index in [-0.39, 0.29) is 21.8 Å². The van der Waals surface area contributed by atoms with Gasteiger partial charge in [0.05, 0.1) is 34.4 Å². The van der Waals surface area contributed by atoms with E-state index in [0.717, 1.165) is 22.4 Å². The van der Waals surface area contributed by atoms with Gasteiger partial charge in [0.25, 0.3) is 0 Å². The van der Waals surface area contributed by atoms with Gasteiger partial charge in [0.15, 0.2) is 11.6 Å². The largest absolute Gasteiger partial charge is 0.505 e. The first-order valence-corrected chi connectivity index (χ1v) is 10.8. The predicted octanol–water partition coefficient (Wildman–Crippen LogP) is 5.68. The number of aromatic hydroxyl groups is 1. The molecule has 33 heavy (non-hydrogen) atoms. The zero-order valence-electron chi connectivity index (χ0n) is 17.6. The highest BCUT2D eigenvalue weighted by atomic mass is 35.5. The number of benzene rings is 3. The number of hydrogen-bond donors (Lipinski definition) is 3. The first-order valence-electron chi connectivity index (χ1n) is 10.1. The third kappa shape index (κ3) is 5.45. The maximum absolute atomic E-state index is 12.3. The molecule has 0 saturated heterocycles. The van der Waals surface area contributed by atoms with Gasteiger partial charge in [-0.3, -0.25) is 10.3 Å². The fourth-order valence-electron chi connectivity index (χ4n) is 3.26. The highest BCUT2D eigenvalue weighted by Crippen LogP contribution is 2.36. The topological polar surface area (TPSA) is 96.4 Å². The Morgan fingerprint density at radius 2 is 1.73 bits per heavy atom. The third-order valence-electron chi connectivity index (χ3n) is 4.99. The van der Waals surface area contributed by atoms with Gasteiger partial charge < -0.3 is 15.2 Å². The fraction of sp³-hybridized carbons (Fsp3) is 0.125. The number of nitrogens with zero attached hydrogens (tertiary/aromatic N) is 2. The Labute approximate surface area is 200 Å². The summed E-state index contributed by atoms with van der Waals surface area (Å²) in [7, 11) is 1.62. The number of phenolic OH excluding ortho intramolecular Hbond substituents is 1. The molecule has 2 amide bonds. The van der Waals surface area contributed by atoms with E-state index >= 15 is 0 Å². The SMILES string of the molecule is COc1ccc(CCNC(=O)Nc2cnc3ccc(-c4cc(Cl)c(O)c(Cl)c4)cc3n2)cc1. The number of anilines is 1. The number of ether oxygens (including phenoxy) is 1. The van der Waals surface area contributed by atoms with Gasteiger partial charge in [0.1, 0.15) is 5.75 Å². The van der Waals surface area contributed by atoms with Crippen LogP contribution in [-0.2, 0) is 6.42 Å². The van der Waals surface area contributed by atoms with Crippen molar-refractivity contribution in [3.8, 4) is 22.6 Å². The van der Waals surface area contributed by atoms with Crippen LogP contribution in [0.1, 0.15) is 5.56 Å². The third-order valence-corrected chi connectivity index (χ3v) is 5.57. The van der Waals surface area contributed by atoms with Crippen LogP contribution in [0.25, 0.3) is 22.2 Å². The zero-order valence-corrected chi connectivity index (χ0v) is 19.1. The van der Waals surface area contributed by atoms with Crippen molar-refractivity contribution in [3.05, 3.63) is 76.4 Å². The highest BCUT2D eigenvalue weighted by molar-refractivity contribution is 6.37. The van der Waals surface area contributed by atoms with Gasteiger partial charge >= 0.3 is 6.03 Å². The molecule has 0 aliphatic carbocycles. The Morgan fingerprint density at radius 1 is 1.00 bits per heavy atom. The predicted molar refractivity (Wildman–Crippen MR) is 130 cm³/mol. The van der Waals surface area contributed by atoms with Crippen molar-refractivity contribution >= 4 is 46.1 Å². The summed E-state index contributed by atoms with van der Waals surface area (Å²) in [5, 5.41) is 15.6.